The molecule has 172 valence electrons. The molecule has 0 aliphatic rings. The van der Waals surface area contributed by atoms with Crippen molar-refractivity contribution < 1.29 is 44.4 Å². The number of carboxylic acid groups (broad SMARTS) is 2. The SMILES string of the molecule is CC(C)CC(NC(=O)C(NC(=O)C(CO)NC(=O)C(N)CC(=O)O)C(C)O)C(=O)O. The summed E-state index contributed by atoms with van der Waals surface area (Å²) < 4.78 is 0. The summed E-state index contributed by atoms with van der Waals surface area (Å²) in [7, 11) is 0. The van der Waals surface area contributed by atoms with E-state index in [0.717, 1.165) is 0 Å². The maximum Gasteiger partial charge on any atom is 0.326 e. The zero-order valence-corrected chi connectivity index (χ0v) is 17.0. The lowest BCUT2D eigenvalue weighted by atomic mass is 10.0. The van der Waals surface area contributed by atoms with Crippen LogP contribution in [0.3, 0.4) is 0 Å². The van der Waals surface area contributed by atoms with Gasteiger partial charge < -0.3 is 42.1 Å². The van der Waals surface area contributed by atoms with Gasteiger partial charge in [0.1, 0.15) is 18.1 Å². The number of nitrogens with one attached hydrogen (secondary N) is 3. The van der Waals surface area contributed by atoms with E-state index in [0.29, 0.717) is 0 Å². The summed E-state index contributed by atoms with van der Waals surface area (Å²) in [6, 6.07) is -5.90. The molecule has 0 heterocycles. The fourth-order valence-corrected chi connectivity index (χ4v) is 2.37. The maximum atomic E-state index is 12.4. The Hall–Kier alpha value is -2.77. The van der Waals surface area contributed by atoms with Crippen LogP contribution < -0.4 is 21.7 Å². The zero-order valence-electron chi connectivity index (χ0n) is 17.0. The van der Waals surface area contributed by atoms with Crippen LogP contribution in [0.5, 0.6) is 0 Å². The number of hydrogen-bond acceptors (Lipinski definition) is 8. The van der Waals surface area contributed by atoms with E-state index in [9.17, 15) is 39.3 Å². The Bertz CT molecular complexity index is 639. The third-order valence-electron chi connectivity index (χ3n) is 3.93. The minimum absolute atomic E-state index is 0.0602. The molecule has 30 heavy (non-hydrogen) atoms. The normalized spacial score (nSPS) is 16.0. The third kappa shape index (κ3) is 9.62. The molecule has 0 saturated heterocycles. The minimum atomic E-state index is -1.59. The highest BCUT2D eigenvalue weighted by atomic mass is 16.4. The van der Waals surface area contributed by atoms with Gasteiger partial charge in [-0.05, 0) is 19.3 Å². The second-order valence-corrected chi connectivity index (χ2v) is 7.20. The average Bonchev–Trinajstić information content (AvgIpc) is 2.61. The standard InChI is InChI=1S/C17H30N4O9/c1-7(2)4-10(17(29)30)19-16(28)13(8(3)23)21-15(27)11(6-22)20-14(26)9(18)5-12(24)25/h7-11,13,22-23H,4-6,18H2,1-3H3,(H,19,28)(H,20,26)(H,21,27)(H,24,25)(H,29,30). The first-order valence-corrected chi connectivity index (χ1v) is 9.20. The zero-order chi connectivity index (χ0) is 23.6. The van der Waals surface area contributed by atoms with Crippen LogP contribution in [0.25, 0.3) is 0 Å². The van der Waals surface area contributed by atoms with Crippen molar-refractivity contribution in [2.45, 2.75) is 63.9 Å². The molecular formula is C17H30N4O9. The van der Waals surface area contributed by atoms with Gasteiger partial charge in [-0.1, -0.05) is 13.8 Å². The quantitative estimate of drug-likeness (QED) is 0.144. The van der Waals surface area contributed by atoms with Crippen molar-refractivity contribution in [3.05, 3.63) is 0 Å². The van der Waals surface area contributed by atoms with Gasteiger partial charge in [-0.15, -0.1) is 0 Å². The van der Waals surface area contributed by atoms with Gasteiger partial charge in [0.25, 0.3) is 0 Å². The molecule has 0 fully saturated rings. The van der Waals surface area contributed by atoms with Gasteiger partial charge in [-0.3, -0.25) is 19.2 Å². The Morgan fingerprint density at radius 1 is 0.867 bits per heavy atom. The van der Waals surface area contributed by atoms with Gasteiger partial charge >= 0.3 is 11.9 Å². The fraction of sp³-hybridized carbons (Fsp3) is 0.706. The first-order chi connectivity index (χ1) is 13.8. The number of aliphatic hydroxyl groups is 2. The summed E-state index contributed by atoms with van der Waals surface area (Å²) in [5, 5.41) is 43.4. The van der Waals surface area contributed by atoms with E-state index in [2.05, 4.69) is 10.6 Å². The molecule has 0 radical (unpaired) electrons. The summed E-state index contributed by atoms with van der Waals surface area (Å²) >= 11 is 0. The number of hydrogen-bond donors (Lipinski definition) is 8. The predicted molar refractivity (Wildman–Crippen MR) is 102 cm³/mol. The lowest BCUT2D eigenvalue weighted by Gasteiger charge is -2.26. The summed E-state index contributed by atoms with van der Waals surface area (Å²) in [5.41, 5.74) is 5.38. The van der Waals surface area contributed by atoms with Crippen molar-refractivity contribution in [1.29, 1.82) is 0 Å². The lowest BCUT2D eigenvalue weighted by molar-refractivity contribution is -0.143. The molecule has 3 amide bonds. The Morgan fingerprint density at radius 3 is 1.80 bits per heavy atom. The topological polar surface area (TPSA) is 228 Å². The van der Waals surface area contributed by atoms with Crippen LogP contribution in [0, 0.1) is 5.92 Å². The van der Waals surface area contributed by atoms with E-state index in [1.165, 1.54) is 6.92 Å². The second-order valence-electron chi connectivity index (χ2n) is 7.20. The van der Waals surface area contributed by atoms with Crippen LogP contribution in [0.4, 0.5) is 0 Å². The summed E-state index contributed by atoms with van der Waals surface area (Å²) in [6.07, 6.45) is -2.04. The lowest BCUT2D eigenvalue weighted by Crippen LogP contribution is -2.60. The van der Waals surface area contributed by atoms with E-state index in [4.69, 9.17) is 10.8 Å². The molecule has 0 aliphatic heterocycles. The smallest absolute Gasteiger partial charge is 0.326 e. The van der Waals surface area contributed by atoms with E-state index in [1.54, 1.807) is 13.8 Å². The first-order valence-electron chi connectivity index (χ1n) is 9.20. The molecular weight excluding hydrogens is 404 g/mol. The minimum Gasteiger partial charge on any atom is -0.481 e. The largest absolute Gasteiger partial charge is 0.481 e. The van der Waals surface area contributed by atoms with Crippen molar-refractivity contribution in [2.75, 3.05) is 6.61 Å². The Labute approximate surface area is 173 Å². The van der Waals surface area contributed by atoms with Crippen LogP contribution in [-0.2, 0) is 24.0 Å². The number of amides is 3. The molecule has 13 heteroatoms. The van der Waals surface area contributed by atoms with Crippen molar-refractivity contribution in [3.8, 4) is 0 Å². The molecule has 0 spiro atoms. The van der Waals surface area contributed by atoms with Crippen molar-refractivity contribution in [2.24, 2.45) is 11.7 Å². The maximum absolute atomic E-state index is 12.4. The second kappa shape index (κ2) is 12.7. The molecule has 13 nitrogen and oxygen atoms in total. The summed E-state index contributed by atoms with van der Waals surface area (Å²) in [6.45, 7) is 3.77. The molecule has 0 aromatic heterocycles. The number of rotatable bonds is 13. The predicted octanol–water partition coefficient (Wildman–Crippen LogP) is -3.25. The van der Waals surface area contributed by atoms with Crippen molar-refractivity contribution in [3.63, 3.8) is 0 Å². The number of carbonyl (C=O) groups is 5. The fourth-order valence-electron chi connectivity index (χ4n) is 2.37. The molecule has 0 rings (SSSR count). The molecule has 9 N–H and O–H groups in total. The summed E-state index contributed by atoms with van der Waals surface area (Å²) in [5.74, 6) is -5.76. The number of carboxylic acids is 2. The average molecular weight is 434 g/mol. The van der Waals surface area contributed by atoms with Crippen LogP contribution >= 0.6 is 0 Å². The van der Waals surface area contributed by atoms with Gasteiger partial charge in [-0.25, -0.2) is 4.79 Å². The highest BCUT2D eigenvalue weighted by Gasteiger charge is 2.32. The monoisotopic (exact) mass is 434 g/mol. The highest BCUT2D eigenvalue weighted by molar-refractivity contribution is 5.95. The molecule has 0 saturated carbocycles. The van der Waals surface area contributed by atoms with Gasteiger partial charge in [0.2, 0.25) is 17.7 Å². The molecule has 0 bridgehead atoms. The molecule has 0 aromatic rings. The van der Waals surface area contributed by atoms with Gasteiger partial charge in [0, 0.05) is 0 Å². The van der Waals surface area contributed by atoms with Crippen LogP contribution in [0.15, 0.2) is 0 Å². The van der Waals surface area contributed by atoms with Crippen LogP contribution in [0.1, 0.15) is 33.6 Å². The Kier molecular flexibility index (Phi) is 11.5. The number of aliphatic hydroxyl groups excluding tert-OH is 2. The molecule has 5 atom stereocenters. The number of carbonyl (C=O) groups excluding carboxylic acids is 3. The number of nitrogens with two attached hydrogens (primary N) is 1. The van der Waals surface area contributed by atoms with Gasteiger partial charge in [0.15, 0.2) is 0 Å². The first kappa shape index (κ1) is 27.2. The summed E-state index contributed by atoms with van der Waals surface area (Å²) in [4.78, 5) is 58.5. The van der Waals surface area contributed by atoms with Gasteiger partial charge in [-0.2, -0.15) is 0 Å². The van der Waals surface area contributed by atoms with Gasteiger partial charge in [0.05, 0.1) is 25.2 Å². The van der Waals surface area contributed by atoms with Crippen LogP contribution in [-0.4, -0.2) is 87.0 Å². The van der Waals surface area contributed by atoms with Crippen LogP contribution in [0.2, 0.25) is 0 Å². The number of aliphatic carboxylic acids is 2. The Balaban J connectivity index is 5.19. The molecule has 5 unspecified atom stereocenters. The molecule has 0 aliphatic carbocycles. The van der Waals surface area contributed by atoms with E-state index < -0.39 is 73.0 Å². The third-order valence-corrected chi connectivity index (χ3v) is 3.93. The Morgan fingerprint density at radius 2 is 1.40 bits per heavy atom. The molecule has 0 aromatic carbocycles. The van der Waals surface area contributed by atoms with Crippen molar-refractivity contribution >= 4 is 29.7 Å². The van der Waals surface area contributed by atoms with E-state index in [-0.39, 0.29) is 12.3 Å². The highest BCUT2D eigenvalue weighted by Crippen LogP contribution is 2.06. The van der Waals surface area contributed by atoms with E-state index in [1.807, 2.05) is 5.32 Å². The van der Waals surface area contributed by atoms with Crippen molar-refractivity contribution in [1.82, 2.24) is 16.0 Å². The van der Waals surface area contributed by atoms with E-state index >= 15 is 0 Å².